The maximum Gasteiger partial charge on any atom is 0.116 e. The Morgan fingerprint density at radius 1 is 0.914 bits per heavy atom. The Bertz CT molecular complexity index is 1160. The van der Waals surface area contributed by atoms with E-state index >= 15 is 0 Å². The van der Waals surface area contributed by atoms with E-state index in [4.69, 9.17) is 5.10 Å². The summed E-state index contributed by atoms with van der Waals surface area (Å²) in [5.41, 5.74) is 7.94. The number of aryl methyl sites for hydroxylation is 1. The van der Waals surface area contributed by atoms with Crippen molar-refractivity contribution in [3.8, 4) is 22.5 Å². The Balaban J connectivity index is 0.00000141. The zero-order valence-electron chi connectivity index (χ0n) is 21.3. The molecule has 0 radical (unpaired) electrons. The van der Waals surface area contributed by atoms with E-state index in [1.807, 2.05) is 26.1 Å². The lowest BCUT2D eigenvalue weighted by Gasteiger charge is -2.31. The molecule has 0 amide bonds. The Morgan fingerprint density at radius 3 is 2.29 bits per heavy atom. The first-order valence-electron chi connectivity index (χ1n) is 12.9. The van der Waals surface area contributed by atoms with Gasteiger partial charge in [-0.3, -0.25) is 5.10 Å². The summed E-state index contributed by atoms with van der Waals surface area (Å²) in [7, 11) is 0. The number of aromatic amines is 1. The van der Waals surface area contributed by atoms with Gasteiger partial charge in [-0.05, 0) is 51.2 Å². The maximum absolute atomic E-state index is 4.77. The molecule has 1 atom stereocenters. The Hall–Kier alpha value is -3.31. The van der Waals surface area contributed by atoms with Crippen molar-refractivity contribution in [1.82, 2.24) is 25.5 Å². The zero-order chi connectivity index (χ0) is 24.6. The van der Waals surface area contributed by atoms with Crippen LogP contribution in [-0.4, -0.2) is 26.2 Å². The van der Waals surface area contributed by atoms with E-state index in [9.17, 15) is 0 Å². The molecule has 35 heavy (non-hydrogen) atoms. The molecule has 2 aromatic heterocycles. The number of hydrogen-bond donors (Lipinski definition) is 2. The predicted octanol–water partition coefficient (Wildman–Crippen LogP) is 7.25. The highest BCUT2D eigenvalue weighted by molar-refractivity contribution is 5.81. The summed E-state index contributed by atoms with van der Waals surface area (Å²) in [5.74, 6) is 0.451. The first-order chi connectivity index (χ1) is 17.2. The van der Waals surface area contributed by atoms with Crippen LogP contribution in [0.1, 0.15) is 75.2 Å². The summed E-state index contributed by atoms with van der Waals surface area (Å²) < 4.78 is 0. The summed E-state index contributed by atoms with van der Waals surface area (Å²) in [5, 5.41) is 12.0. The van der Waals surface area contributed by atoms with Gasteiger partial charge in [-0.25, -0.2) is 9.97 Å². The third-order valence-electron chi connectivity index (χ3n) is 6.88. The maximum atomic E-state index is 4.77. The van der Waals surface area contributed by atoms with Crippen LogP contribution < -0.4 is 5.32 Å². The summed E-state index contributed by atoms with van der Waals surface area (Å²) >= 11 is 0. The molecule has 1 unspecified atom stereocenters. The number of rotatable bonds is 6. The Morgan fingerprint density at radius 2 is 1.63 bits per heavy atom. The molecule has 5 rings (SSSR count). The minimum Gasteiger partial charge on any atom is -0.307 e. The van der Waals surface area contributed by atoms with Gasteiger partial charge < -0.3 is 5.32 Å². The van der Waals surface area contributed by atoms with Crippen molar-refractivity contribution in [2.75, 3.05) is 0 Å². The van der Waals surface area contributed by atoms with E-state index in [0.29, 0.717) is 18.0 Å². The second-order valence-electron chi connectivity index (χ2n) is 9.17. The lowest BCUT2D eigenvalue weighted by molar-refractivity contribution is 0.319. The summed E-state index contributed by atoms with van der Waals surface area (Å²) in [4.78, 5) is 8.71. The van der Waals surface area contributed by atoms with Gasteiger partial charge in [0.25, 0.3) is 0 Å². The standard InChI is InChI=1S/C28H31N5.C2H6/c1-19-8-10-22(11-9-19)27-26(25-16-17-29-18-30-25)28(33-32-27)23-12-14-24(15-13-23)31-20(2)21-6-4-3-5-7-21;1-2/h3-11,16-18,20,23-24,31H,12-15H2,1-2H3,(H,32,33);1-2H3. The highest BCUT2D eigenvalue weighted by Crippen LogP contribution is 2.41. The second kappa shape index (κ2) is 11.9. The lowest BCUT2D eigenvalue weighted by Crippen LogP contribution is -2.34. The smallest absolute Gasteiger partial charge is 0.116 e. The van der Waals surface area contributed by atoms with E-state index in [-0.39, 0.29) is 0 Å². The van der Waals surface area contributed by atoms with Crippen molar-refractivity contribution >= 4 is 0 Å². The summed E-state index contributed by atoms with van der Waals surface area (Å²) in [6.45, 7) is 8.37. The fraction of sp³-hybridized carbons (Fsp3) is 0.367. The quantitative estimate of drug-likeness (QED) is 0.313. The van der Waals surface area contributed by atoms with Crippen molar-refractivity contribution in [3.63, 3.8) is 0 Å². The molecule has 2 heterocycles. The van der Waals surface area contributed by atoms with Gasteiger partial charge >= 0.3 is 0 Å². The largest absolute Gasteiger partial charge is 0.307 e. The average Bonchev–Trinajstić information content (AvgIpc) is 3.37. The molecule has 0 saturated heterocycles. The van der Waals surface area contributed by atoms with E-state index < -0.39 is 0 Å². The van der Waals surface area contributed by atoms with Gasteiger partial charge in [-0.2, -0.15) is 5.10 Å². The van der Waals surface area contributed by atoms with Crippen LogP contribution in [-0.2, 0) is 0 Å². The molecule has 1 aliphatic carbocycles. The van der Waals surface area contributed by atoms with E-state index in [0.717, 1.165) is 48.2 Å². The van der Waals surface area contributed by atoms with Crippen molar-refractivity contribution < 1.29 is 0 Å². The molecule has 5 nitrogen and oxygen atoms in total. The fourth-order valence-electron chi connectivity index (χ4n) is 5.01. The van der Waals surface area contributed by atoms with Gasteiger partial charge in [0, 0.05) is 41.0 Å². The topological polar surface area (TPSA) is 66.5 Å². The molecule has 0 aliphatic heterocycles. The van der Waals surface area contributed by atoms with E-state index in [1.165, 1.54) is 16.8 Å². The minimum atomic E-state index is 0.365. The Labute approximate surface area is 209 Å². The first-order valence-corrected chi connectivity index (χ1v) is 12.9. The van der Waals surface area contributed by atoms with Crippen molar-refractivity contribution in [1.29, 1.82) is 0 Å². The zero-order valence-corrected chi connectivity index (χ0v) is 21.3. The molecule has 2 N–H and O–H groups in total. The molecule has 2 aromatic carbocycles. The van der Waals surface area contributed by atoms with Crippen LogP contribution in [0.2, 0.25) is 0 Å². The van der Waals surface area contributed by atoms with Crippen molar-refractivity contribution in [2.45, 2.75) is 71.4 Å². The van der Waals surface area contributed by atoms with Gasteiger partial charge in [-0.15, -0.1) is 0 Å². The van der Waals surface area contributed by atoms with Crippen LogP contribution in [0.4, 0.5) is 0 Å². The average molecular weight is 468 g/mol. The van der Waals surface area contributed by atoms with Crippen LogP contribution in [0, 0.1) is 6.92 Å². The van der Waals surface area contributed by atoms with Crippen LogP contribution in [0.5, 0.6) is 0 Å². The van der Waals surface area contributed by atoms with Crippen LogP contribution in [0.25, 0.3) is 22.5 Å². The van der Waals surface area contributed by atoms with Crippen molar-refractivity contribution in [2.24, 2.45) is 0 Å². The number of H-pyrrole nitrogens is 1. The molecule has 1 saturated carbocycles. The molecule has 1 fully saturated rings. The van der Waals surface area contributed by atoms with Gasteiger partial charge in [0.2, 0.25) is 0 Å². The number of nitrogens with zero attached hydrogens (tertiary/aromatic N) is 3. The highest BCUT2D eigenvalue weighted by Gasteiger charge is 2.29. The molecule has 0 bridgehead atoms. The molecule has 1 aliphatic rings. The second-order valence-corrected chi connectivity index (χ2v) is 9.17. The molecule has 182 valence electrons. The van der Waals surface area contributed by atoms with Gasteiger partial charge in [-0.1, -0.05) is 74.0 Å². The van der Waals surface area contributed by atoms with Crippen molar-refractivity contribution in [3.05, 3.63) is 90.0 Å². The lowest BCUT2D eigenvalue weighted by atomic mass is 9.81. The van der Waals surface area contributed by atoms with Crippen LogP contribution >= 0.6 is 0 Å². The monoisotopic (exact) mass is 467 g/mol. The van der Waals surface area contributed by atoms with Gasteiger partial charge in [0.1, 0.15) is 12.0 Å². The van der Waals surface area contributed by atoms with Gasteiger partial charge in [0.15, 0.2) is 0 Å². The molecular formula is C30H37N5. The first kappa shape index (κ1) is 24.8. The summed E-state index contributed by atoms with van der Waals surface area (Å²) in [6.07, 6.45) is 8.01. The van der Waals surface area contributed by atoms with Crippen LogP contribution in [0.15, 0.2) is 73.2 Å². The molecule has 0 spiro atoms. The number of benzene rings is 2. The molecular weight excluding hydrogens is 430 g/mol. The summed E-state index contributed by atoms with van der Waals surface area (Å²) in [6, 6.07) is 22.2. The fourth-order valence-corrected chi connectivity index (χ4v) is 5.01. The third-order valence-corrected chi connectivity index (χ3v) is 6.88. The highest BCUT2D eigenvalue weighted by atomic mass is 15.1. The molecule has 4 aromatic rings. The number of nitrogens with one attached hydrogen (secondary N) is 2. The minimum absolute atomic E-state index is 0.365. The van der Waals surface area contributed by atoms with Gasteiger partial charge in [0.05, 0.1) is 5.69 Å². The third kappa shape index (κ3) is 5.85. The molecule has 5 heteroatoms. The van der Waals surface area contributed by atoms with Crippen LogP contribution in [0.3, 0.4) is 0 Å². The number of hydrogen-bond acceptors (Lipinski definition) is 4. The van der Waals surface area contributed by atoms with E-state index in [1.54, 1.807) is 6.33 Å². The number of aromatic nitrogens is 4. The predicted molar refractivity (Wildman–Crippen MR) is 144 cm³/mol. The Kier molecular flexibility index (Phi) is 8.43. The van der Waals surface area contributed by atoms with E-state index in [2.05, 4.69) is 88.8 Å². The normalized spacial score (nSPS) is 18.4. The SMILES string of the molecule is CC.Cc1ccc(-c2n[nH]c(C3CCC(NC(C)c4ccccc4)CC3)c2-c2ccncn2)cc1.